The van der Waals surface area contributed by atoms with Crippen molar-refractivity contribution in [3.05, 3.63) is 52.1 Å². The van der Waals surface area contributed by atoms with E-state index in [1.807, 2.05) is 6.07 Å². The Bertz CT molecular complexity index is 897. The number of hydrogen-bond donors (Lipinski definition) is 1. The van der Waals surface area contributed by atoms with E-state index in [1.54, 1.807) is 19.1 Å². The molecule has 1 aromatic heterocycles. The SMILES string of the molecule is CCCCCCCCNC(=O)C(C#N)=Cc1c(C)nn(-c2ccc(F)cc2)c1Cl. The first kappa shape index (κ1) is 22.6. The van der Waals surface area contributed by atoms with Gasteiger partial charge in [-0.15, -0.1) is 0 Å². The van der Waals surface area contributed by atoms with E-state index >= 15 is 0 Å². The number of carbonyl (C=O) groups excluding carboxylic acids is 1. The number of amides is 1. The molecule has 0 spiro atoms. The van der Waals surface area contributed by atoms with Gasteiger partial charge in [0.2, 0.25) is 0 Å². The summed E-state index contributed by atoms with van der Waals surface area (Å²) >= 11 is 6.42. The van der Waals surface area contributed by atoms with Gasteiger partial charge < -0.3 is 5.32 Å². The number of unbranched alkanes of at least 4 members (excludes halogenated alkanes) is 5. The Morgan fingerprint density at radius 1 is 1.24 bits per heavy atom. The number of aromatic nitrogens is 2. The van der Waals surface area contributed by atoms with Crippen LogP contribution in [0.3, 0.4) is 0 Å². The molecular formula is C22H26ClFN4O. The van der Waals surface area contributed by atoms with Gasteiger partial charge in [-0.3, -0.25) is 4.79 Å². The highest BCUT2D eigenvalue weighted by atomic mass is 35.5. The van der Waals surface area contributed by atoms with E-state index in [-0.39, 0.29) is 16.5 Å². The first-order valence-corrected chi connectivity index (χ1v) is 10.3. The zero-order valence-corrected chi connectivity index (χ0v) is 17.6. The monoisotopic (exact) mass is 416 g/mol. The molecule has 1 aromatic carbocycles. The number of nitrogens with zero attached hydrogens (tertiary/aromatic N) is 3. The number of benzene rings is 1. The summed E-state index contributed by atoms with van der Waals surface area (Å²) in [4.78, 5) is 12.3. The second-order valence-electron chi connectivity index (χ2n) is 6.87. The van der Waals surface area contributed by atoms with Gasteiger partial charge in [0.1, 0.15) is 22.6 Å². The number of aryl methyl sites for hydroxylation is 1. The van der Waals surface area contributed by atoms with Gasteiger partial charge in [0.15, 0.2) is 0 Å². The van der Waals surface area contributed by atoms with Gasteiger partial charge in [0.05, 0.1) is 11.4 Å². The first-order chi connectivity index (χ1) is 14.0. The lowest BCUT2D eigenvalue weighted by Crippen LogP contribution is -2.25. The van der Waals surface area contributed by atoms with Gasteiger partial charge in [-0.05, 0) is 43.7 Å². The second-order valence-corrected chi connectivity index (χ2v) is 7.23. The number of halogens is 2. The lowest BCUT2D eigenvalue weighted by molar-refractivity contribution is -0.117. The lowest BCUT2D eigenvalue weighted by Gasteiger charge is -2.05. The predicted molar refractivity (Wildman–Crippen MR) is 113 cm³/mol. The highest BCUT2D eigenvalue weighted by Gasteiger charge is 2.16. The molecule has 2 aromatic rings. The zero-order chi connectivity index (χ0) is 21.2. The van der Waals surface area contributed by atoms with Gasteiger partial charge in [-0.2, -0.15) is 10.4 Å². The quantitative estimate of drug-likeness (QED) is 0.322. The van der Waals surface area contributed by atoms with Crippen LogP contribution in [-0.4, -0.2) is 22.2 Å². The largest absolute Gasteiger partial charge is 0.351 e. The summed E-state index contributed by atoms with van der Waals surface area (Å²) in [5.74, 6) is -0.784. The molecule has 0 saturated heterocycles. The molecule has 1 N–H and O–H groups in total. The maximum Gasteiger partial charge on any atom is 0.261 e. The molecular weight excluding hydrogens is 391 g/mol. The van der Waals surface area contributed by atoms with Crippen LogP contribution >= 0.6 is 11.6 Å². The van der Waals surface area contributed by atoms with Gasteiger partial charge >= 0.3 is 0 Å². The Morgan fingerprint density at radius 2 is 1.90 bits per heavy atom. The third-order valence-corrected chi connectivity index (χ3v) is 4.95. The summed E-state index contributed by atoms with van der Waals surface area (Å²) in [6.45, 7) is 4.44. The average molecular weight is 417 g/mol. The molecule has 0 aliphatic rings. The van der Waals surface area contributed by atoms with E-state index in [0.29, 0.717) is 23.5 Å². The number of carbonyl (C=O) groups is 1. The Hall–Kier alpha value is -2.65. The highest BCUT2D eigenvalue weighted by Crippen LogP contribution is 2.26. The summed E-state index contributed by atoms with van der Waals surface area (Å²) in [6.07, 6.45) is 8.19. The maximum atomic E-state index is 13.1. The number of nitrogens with one attached hydrogen (secondary N) is 1. The lowest BCUT2D eigenvalue weighted by atomic mass is 10.1. The Labute approximate surface area is 176 Å². The van der Waals surface area contributed by atoms with E-state index in [0.717, 1.165) is 19.3 Å². The molecule has 2 rings (SSSR count). The molecule has 154 valence electrons. The Morgan fingerprint density at radius 3 is 2.55 bits per heavy atom. The van der Waals surface area contributed by atoms with Crippen molar-refractivity contribution in [3.63, 3.8) is 0 Å². The van der Waals surface area contributed by atoms with Gasteiger partial charge in [-0.25, -0.2) is 9.07 Å². The highest BCUT2D eigenvalue weighted by molar-refractivity contribution is 6.31. The molecule has 5 nitrogen and oxygen atoms in total. The van der Waals surface area contributed by atoms with E-state index < -0.39 is 5.91 Å². The standard InChI is InChI=1S/C22H26ClFN4O/c1-3-4-5-6-7-8-13-26-22(29)17(15-25)14-20-16(2)27-28(21(20)23)19-11-9-18(24)10-12-19/h9-12,14H,3-8,13H2,1-2H3,(H,26,29). The average Bonchev–Trinajstić information content (AvgIpc) is 2.99. The van der Waals surface area contributed by atoms with E-state index in [4.69, 9.17) is 11.6 Å². The third-order valence-electron chi connectivity index (χ3n) is 4.59. The molecule has 0 aliphatic heterocycles. The molecule has 0 bridgehead atoms. The summed E-state index contributed by atoms with van der Waals surface area (Å²) in [7, 11) is 0. The van der Waals surface area contributed by atoms with Crippen LogP contribution in [-0.2, 0) is 4.79 Å². The van der Waals surface area contributed by atoms with Crippen LogP contribution in [0.1, 0.15) is 56.7 Å². The van der Waals surface area contributed by atoms with Crippen LogP contribution in [0.5, 0.6) is 0 Å². The summed E-state index contributed by atoms with van der Waals surface area (Å²) < 4.78 is 14.6. The van der Waals surface area contributed by atoms with Crippen molar-refractivity contribution in [2.24, 2.45) is 0 Å². The number of rotatable bonds is 10. The molecule has 0 atom stereocenters. The summed E-state index contributed by atoms with van der Waals surface area (Å²) in [6, 6.07) is 7.67. The smallest absolute Gasteiger partial charge is 0.261 e. The normalized spacial score (nSPS) is 11.3. The molecule has 0 aliphatic carbocycles. The van der Waals surface area contributed by atoms with E-state index in [9.17, 15) is 14.4 Å². The molecule has 0 saturated carbocycles. The molecule has 7 heteroatoms. The molecule has 29 heavy (non-hydrogen) atoms. The van der Waals surface area contributed by atoms with Crippen molar-refractivity contribution in [1.29, 1.82) is 5.26 Å². The van der Waals surface area contributed by atoms with Crippen molar-refractivity contribution < 1.29 is 9.18 Å². The van der Waals surface area contributed by atoms with Crippen LogP contribution in [0.4, 0.5) is 4.39 Å². The third kappa shape index (κ3) is 6.43. The van der Waals surface area contributed by atoms with Crippen LogP contribution in [0.25, 0.3) is 11.8 Å². The molecule has 1 heterocycles. The fourth-order valence-electron chi connectivity index (χ4n) is 2.92. The van der Waals surface area contributed by atoms with Crippen LogP contribution < -0.4 is 5.32 Å². The Kier molecular flexibility index (Phi) is 8.88. The van der Waals surface area contributed by atoms with Crippen LogP contribution in [0, 0.1) is 24.1 Å². The van der Waals surface area contributed by atoms with Crippen LogP contribution in [0.15, 0.2) is 29.8 Å². The van der Waals surface area contributed by atoms with Crippen molar-refractivity contribution >= 4 is 23.6 Å². The molecule has 0 unspecified atom stereocenters. The summed E-state index contributed by atoms with van der Waals surface area (Å²) in [5, 5.41) is 16.8. The van der Waals surface area contributed by atoms with Gasteiger partial charge in [0, 0.05) is 12.1 Å². The van der Waals surface area contributed by atoms with E-state index in [2.05, 4.69) is 17.3 Å². The fourth-order valence-corrected chi connectivity index (χ4v) is 3.25. The zero-order valence-electron chi connectivity index (χ0n) is 16.8. The van der Waals surface area contributed by atoms with Crippen molar-refractivity contribution in [2.75, 3.05) is 6.54 Å². The first-order valence-electron chi connectivity index (χ1n) is 9.89. The topological polar surface area (TPSA) is 70.7 Å². The van der Waals surface area contributed by atoms with Gasteiger partial charge in [0.25, 0.3) is 5.91 Å². The summed E-state index contributed by atoms with van der Waals surface area (Å²) in [5.41, 5.74) is 1.61. The van der Waals surface area contributed by atoms with Crippen LogP contribution in [0.2, 0.25) is 5.15 Å². The molecule has 1 amide bonds. The van der Waals surface area contributed by atoms with Crippen molar-refractivity contribution in [2.45, 2.75) is 52.4 Å². The predicted octanol–water partition coefficient (Wildman–Crippen LogP) is 5.36. The minimum Gasteiger partial charge on any atom is -0.351 e. The van der Waals surface area contributed by atoms with Crippen molar-refractivity contribution in [1.82, 2.24) is 15.1 Å². The maximum absolute atomic E-state index is 13.1. The fraction of sp³-hybridized carbons (Fsp3) is 0.409. The Balaban J connectivity index is 2.06. The molecule has 0 fully saturated rings. The van der Waals surface area contributed by atoms with E-state index in [1.165, 1.54) is 42.2 Å². The minimum atomic E-state index is -0.425. The molecule has 0 radical (unpaired) electrons. The minimum absolute atomic E-state index is 0.0281. The van der Waals surface area contributed by atoms with Gasteiger partial charge in [-0.1, -0.05) is 50.6 Å². The van der Waals surface area contributed by atoms with Crippen molar-refractivity contribution in [3.8, 4) is 11.8 Å². The number of nitriles is 1. The second kappa shape index (κ2) is 11.4. The number of hydrogen-bond acceptors (Lipinski definition) is 3.